The van der Waals surface area contributed by atoms with Crippen molar-refractivity contribution in [3.63, 3.8) is 0 Å². The van der Waals surface area contributed by atoms with E-state index in [-0.39, 0.29) is 11.9 Å². The molecule has 0 saturated heterocycles. The minimum atomic E-state index is 0.102. The summed E-state index contributed by atoms with van der Waals surface area (Å²) >= 11 is 0. The van der Waals surface area contributed by atoms with E-state index in [1.165, 1.54) is 11.1 Å². The quantitative estimate of drug-likeness (QED) is 0.808. The van der Waals surface area contributed by atoms with E-state index in [1.807, 2.05) is 47.4 Å². The van der Waals surface area contributed by atoms with Crippen LogP contribution in [-0.2, 0) is 12.8 Å². The highest BCUT2D eigenvalue weighted by atomic mass is 16.2. The molecule has 0 spiro atoms. The van der Waals surface area contributed by atoms with Gasteiger partial charge in [-0.3, -0.25) is 4.79 Å². The maximum atomic E-state index is 12.7. The number of carbonyl (C=O) groups is 1. The van der Waals surface area contributed by atoms with E-state index in [2.05, 4.69) is 19.9 Å². The summed E-state index contributed by atoms with van der Waals surface area (Å²) in [6, 6.07) is 16.4. The number of hydrogen-bond acceptors (Lipinski definition) is 1. The third-order valence-corrected chi connectivity index (χ3v) is 4.04. The molecule has 2 nitrogen and oxygen atoms in total. The molecule has 1 unspecified atom stereocenters. The van der Waals surface area contributed by atoms with Gasteiger partial charge in [-0.1, -0.05) is 37.3 Å². The van der Waals surface area contributed by atoms with Crippen LogP contribution < -0.4 is 4.90 Å². The van der Waals surface area contributed by atoms with Crippen molar-refractivity contribution in [3.05, 3.63) is 65.2 Å². The van der Waals surface area contributed by atoms with Crippen LogP contribution in [0.15, 0.2) is 48.5 Å². The lowest BCUT2D eigenvalue weighted by atomic mass is 10.1. The number of fused-ring (bicyclic) bond motifs is 1. The Labute approximate surface area is 120 Å². The maximum Gasteiger partial charge on any atom is 0.258 e. The molecule has 1 aliphatic heterocycles. The molecule has 0 bridgehead atoms. The van der Waals surface area contributed by atoms with Crippen molar-refractivity contribution >= 4 is 11.6 Å². The first-order chi connectivity index (χ1) is 9.70. The fourth-order valence-corrected chi connectivity index (χ4v) is 2.90. The minimum Gasteiger partial charge on any atom is -0.305 e. The number of rotatable bonds is 2. The number of aryl methyl sites for hydroxylation is 1. The molecule has 2 heteroatoms. The number of para-hydroxylation sites is 1. The molecule has 0 aliphatic carbocycles. The van der Waals surface area contributed by atoms with E-state index < -0.39 is 0 Å². The lowest BCUT2D eigenvalue weighted by molar-refractivity contribution is 0.0981. The maximum absolute atomic E-state index is 12.7. The van der Waals surface area contributed by atoms with E-state index in [9.17, 15) is 4.79 Å². The zero-order chi connectivity index (χ0) is 14.1. The first-order valence-electron chi connectivity index (χ1n) is 7.21. The summed E-state index contributed by atoms with van der Waals surface area (Å²) in [5.41, 5.74) is 4.35. The molecular weight excluding hydrogens is 246 g/mol. The van der Waals surface area contributed by atoms with Crippen molar-refractivity contribution in [2.24, 2.45) is 0 Å². The highest BCUT2D eigenvalue weighted by molar-refractivity contribution is 6.07. The predicted octanol–water partition coefficient (Wildman–Crippen LogP) is 3.84. The smallest absolute Gasteiger partial charge is 0.258 e. The summed E-state index contributed by atoms with van der Waals surface area (Å²) in [6.45, 7) is 4.23. The van der Waals surface area contributed by atoms with Crippen molar-refractivity contribution in [2.75, 3.05) is 4.90 Å². The van der Waals surface area contributed by atoms with Crippen LogP contribution in [0.5, 0.6) is 0 Å². The molecule has 0 fully saturated rings. The number of amides is 1. The van der Waals surface area contributed by atoms with Crippen LogP contribution in [0.25, 0.3) is 0 Å². The van der Waals surface area contributed by atoms with E-state index >= 15 is 0 Å². The van der Waals surface area contributed by atoms with Gasteiger partial charge in [-0.05, 0) is 49.1 Å². The topological polar surface area (TPSA) is 20.3 Å². The van der Waals surface area contributed by atoms with Gasteiger partial charge in [0.2, 0.25) is 0 Å². The Morgan fingerprint density at radius 1 is 1.15 bits per heavy atom. The van der Waals surface area contributed by atoms with Crippen LogP contribution >= 0.6 is 0 Å². The van der Waals surface area contributed by atoms with Gasteiger partial charge in [0.05, 0.1) is 0 Å². The predicted molar refractivity (Wildman–Crippen MR) is 82.2 cm³/mol. The SMILES string of the molecule is CCc1ccc(C(=O)N2c3ccccc3CC2C)cc1. The summed E-state index contributed by atoms with van der Waals surface area (Å²) in [4.78, 5) is 14.7. The van der Waals surface area contributed by atoms with Crippen molar-refractivity contribution in [1.82, 2.24) is 0 Å². The second-order valence-corrected chi connectivity index (χ2v) is 5.41. The first kappa shape index (κ1) is 12.9. The summed E-state index contributed by atoms with van der Waals surface area (Å²) in [5, 5.41) is 0. The molecule has 0 radical (unpaired) electrons. The number of anilines is 1. The number of benzene rings is 2. The van der Waals surface area contributed by atoms with Gasteiger partial charge in [-0.2, -0.15) is 0 Å². The van der Waals surface area contributed by atoms with Gasteiger partial charge in [0.25, 0.3) is 5.91 Å². The highest BCUT2D eigenvalue weighted by Crippen LogP contribution is 2.33. The molecule has 1 heterocycles. The average Bonchev–Trinajstić information content (AvgIpc) is 2.82. The molecule has 1 aliphatic rings. The Balaban J connectivity index is 1.94. The average molecular weight is 265 g/mol. The van der Waals surface area contributed by atoms with Crippen LogP contribution in [0.1, 0.15) is 35.3 Å². The van der Waals surface area contributed by atoms with Crippen molar-refractivity contribution in [2.45, 2.75) is 32.7 Å². The number of nitrogens with zero attached hydrogens (tertiary/aromatic N) is 1. The molecule has 1 atom stereocenters. The number of hydrogen-bond donors (Lipinski definition) is 0. The summed E-state index contributed by atoms with van der Waals surface area (Å²) in [7, 11) is 0. The van der Waals surface area contributed by atoms with Crippen molar-refractivity contribution in [1.29, 1.82) is 0 Å². The summed E-state index contributed by atoms with van der Waals surface area (Å²) in [5.74, 6) is 0.102. The monoisotopic (exact) mass is 265 g/mol. The Morgan fingerprint density at radius 2 is 1.85 bits per heavy atom. The third kappa shape index (κ3) is 2.11. The van der Waals surface area contributed by atoms with E-state index in [0.29, 0.717) is 0 Å². The van der Waals surface area contributed by atoms with Crippen LogP contribution in [-0.4, -0.2) is 11.9 Å². The van der Waals surface area contributed by atoms with E-state index in [1.54, 1.807) is 0 Å². The molecule has 1 amide bonds. The van der Waals surface area contributed by atoms with E-state index in [4.69, 9.17) is 0 Å². The molecule has 3 rings (SSSR count). The molecule has 102 valence electrons. The summed E-state index contributed by atoms with van der Waals surface area (Å²) in [6.07, 6.45) is 1.94. The largest absolute Gasteiger partial charge is 0.305 e. The van der Waals surface area contributed by atoms with Gasteiger partial charge >= 0.3 is 0 Å². The van der Waals surface area contributed by atoms with Crippen LogP contribution in [0.3, 0.4) is 0 Å². The lowest BCUT2D eigenvalue weighted by Crippen LogP contribution is -2.35. The molecule has 0 aromatic heterocycles. The summed E-state index contributed by atoms with van der Waals surface area (Å²) < 4.78 is 0. The van der Waals surface area contributed by atoms with Crippen LogP contribution in [0, 0.1) is 0 Å². The Hall–Kier alpha value is -2.09. The number of carbonyl (C=O) groups excluding carboxylic acids is 1. The molecule has 2 aromatic carbocycles. The molecule has 20 heavy (non-hydrogen) atoms. The standard InChI is InChI=1S/C18H19NO/c1-3-14-8-10-15(11-9-14)18(20)19-13(2)12-16-6-4-5-7-17(16)19/h4-11,13H,3,12H2,1-2H3. The molecule has 0 saturated carbocycles. The van der Waals surface area contributed by atoms with Crippen LogP contribution in [0.2, 0.25) is 0 Å². The first-order valence-corrected chi connectivity index (χ1v) is 7.21. The minimum absolute atomic E-state index is 0.102. The zero-order valence-corrected chi connectivity index (χ0v) is 12.0. The van der Waals surface area contributed by atoms with Gasteiger partial charge in [-0.15, -0.1) is 0 Å². The van der Waals surface area contributed by atoms with Gasteiger partial charge in [0.15, 0.2) is 0 Å². The second kappa shape index (κ2) is 5.12. The van der Waals surface area contributed by atoms with Crippen LogP contribution in [0.4, 0.5) is 5.69 Å². The fraction of sp³-hybridized carbons (Fsp3) is 0.278. The van der Waals surface area contributed by atoms with Crippen molar-refractivity contribution in [3.8, 4) is 0 Å². The highest BCUT2D eigenvalue weighted by Gasteiger charge is 2.30. The molecule has 0 N–H and O–H groups in total. The second-order valence-electron chi connectivity index (χ2n) is 5.41. The van der Waals surface area contributed by atoms with Gasteiger partial charge < -0.3 is 4.90 Å². The Morgan fingerprint density at radius 3 is 2.55 bits per heavy atom. The third-order valence-electron chi connectivity index (χ3n) is 4.04. The zero-order valence-electron chi connectivity index (χ0n) is 12.0. The lowest BCUT2D eigenvalue weighted by Gasteiger charge is -2.22. The van der Waals surface area contributed by atoms with Crippen molar-refractivity contribution < 1.29 is 4.79 Å². The van der Waals surface area contributed by atoms with Gasteiger partial charge in [-0.25, -0.2) is 0 Å². The van der Waals surface area contributed by atoms with Gasteiger partial charge in [0, 0.05) is 17.3 Å². The molecule has 2 aromatic rings. The molecular formula is C18H19NO. The van der Waals surface area contributed by atoms with Gasteiger partial charge in [0.1, 0.15) is 0 Å². The van der Waals surface area contributed by atoms with E-state index in [0.717, 1.165) is 24.1 Å². The normalized spacial score (nSPS) is 17.1. The Bertz CT molecular complexity index is 630. The fourth-order valence-electron chi connectivity index (χ4n) is 2.90. The Kier molecular flexibility index (Phi) is 3.31.